The van der Waals surface area contributed by atoms with Crippen molar-refractivity contribution in [2.45, 2.75) is 20.0 Å². The molecule has 2 aromatic carbocycles. The zero-order valence-corrected chi connectivity index (χ0v) is 13.6. The van der Waals surface area contributed by atoms with Crippen molar-refractivity contribution in [1.29, 1.82) is 0 Å². The number of carbonyl (C=O) groups excluding carboxylic acids is 2. The Bertz CT molecular complexity index is 760. The van der Waals surface area contributed by atoms with Crippen LogP contribution >= 0.6 is 0 Å². The maximum absolute atomic E-state index is 13.5. The molecule has 0 aliphatic heterocycles. The van der Waals surface area contributed by atoms with Crippen molar-refractivity contribution in [2.24, 2.45) is 0 Å². The summed E-state index contributed by atoms with van der Waals surface area (Å²) < 4.78 is 23.7. The fourth-order valence-corrected chi connectivity index (χ4v) is 1.98. The molecule has 0 heterocycles. The molecule has 126 valence electrons. The molecular formula is C18H18FNO4. The highest BCUT2D eigenvalue weighted by Crippen LogP contribution is 2.23. The first kappa shape index (κ1) is 17.5. The summed E-state index contributed by atoms with van der Waals surface area (Å²) in [4.78, 5) is 24.2. The molecule has 2 aromatic rings. The van der Waals surface area contributed by atoms with Crippen molar-refractivity contribution >= 4 is 17.6 Å². The van der Waals surface area contributed by atoms with Crippen LogP contribution in [0.1, 0.15) is 22.8 Å². The summed E-state index contributed by atoms with van der Waals surface area (Å²) in [5.41, 5.74) is 0.942. The highest BCUT2D eigenvalue weighted by Gasteiger charge is 2.20. The summed E-state index contributed by atoms with van der Waals surface area (Å²) in [6, 6.07) is 10.9. The largest absolute Gasteiger partial charge is 0.495 e. The number of carbonyl (C=O) groups is 2. The number of ether oxygens (including phenoxy) is 2. The zero-order chi connectivity index (χ0) is 17.7. The molecule has 0 saturated carbocycles. The summed E-state index contributed by atoms with van der Waals surface area (Å²) in [5.74, 6) is -1.29. The van der Waals surface area contributed by atoms with Crippen molar-refractivity contribution in [2.75, 3.05) is 12.4 Å². The van der Waals surface area contributed by atoms with Gasteiger partial charge < -0.3 is 14.8 Å². The number of hydrogen-bond donors (Lipinski definition) is 1. The summed E-state index contributed by atoms with van der Waals surface area (Å²) in [6.07, 6.45) is -1.05. The van der Waals surface area contributed by atoms with E-state index in [0.29, 0.717) is 17.0 Å². The van der Waals surface area contributed by atoms with E-state index >= 15 is 0 Å². The SMILES string of the molecule is COc1ccccc1NC(=O)[C@H](C)OC(=O)c1ccc(C)c(F)c1. The lowest BCUT2D eigenvalue weighted by molar-refractivity contribution is -0.123. The topological polar surface area (TPSA) is 64.6 Å². The molecule has 1 amide bonds. The smallest absolute Gasteiger partial charge is 0.339 e. The lowest BCUT2D eigenvalue weighted by Crippen LogP contribution is -2.30. The Labute approximate surface area is 139 Å². The van der Waals surface area contributed by atoms with E-state index in [-0.39, 0.29) is 5.56 Å². The van der Waals surface area contributed by atoms with Crippen LogP contribution in [0.2, 0.25) is 0 Å². The molecule has 0 fully saturated rings. The minimum absolute atomic E-state index is 0.0510. The van der Waals surface area contributed by atoms with Crippen molar-refractivity contribution < 1.29 is 23.5 Å². The minimum atomic E-state index is -1.05. The number of nitrogens with one attached hydrogen (secondary N) is 1. The lowest BCUT2D eigenvalue weighted by Gasteiger charge is -2.15. The summed E-state index contributed by atoms with van der Waals surface area (Å²) in [7, 11) is 1.49. The molecule has 1 N–H and O–H groups in total. The second-order valence-electron chi connectivity index (χ2n) is 5.20. The number of anilines is 1. The van der Waals surface area contributed by atoms with Gasteiger partial charge in [-0.2, -0.15) is 0 Å². The Kier molecular flexibility index (Phi) is 5.52. The first-order chi connectivity index (χ1) is 11.4. The van der Waals surface area contributed by atoms with Crippen LogP contribution in [-0.2, 0) is 9.53 Å². The number of methoxy groups -OCH3 is 1. The van der Waals surface area contributed by atoms with E-state index in [9.17, 15) is 14.0 Å². The Morgan fingerprint density at radius 3 is 2.54 bits per heavy atom. The van der Waals surface area contributed by atoms with Crippen LogP contribution in [0.25, 0.3) is 0 Å². The molecule has 0 radical (unpaired) electrons. The molecule has 0 aliphatic carbocycles. The predicted octanol–water partition coefficient (Wildman–Crippen LogP) is 3.33. The molecule has 0 saturated heterocycles. The number of hydrogen-bond acceptors (Lipinski definition) is 4. The quantitative estimate of drug-likeness (QED) is 0.854. The molecule has 0 bridgehead atoms. The van der Waals surface area contributed by atoms with E-state index in [0.717, 1.165) is 6.07 Å². The predicted molar refractivity (Wildman–Crippen MR) is 87.6 cm³/mol. The van der Waals surface area contributed by atoms with Crippen LogP contribution in [0.5, 0.6) is 5.75 Å². The number of rotatable bonds is 5. The third kappa shape index (κ3) is 4.10. The summed E-state index contributed by atoms with van der Waals surface area (Å²) in [6.45, 7) is 3.03. The maximum Gasteiger partial charge on any atom is 0.339 e. The van der Waals surface area contributed by atoms with Gasteiger partial charge in [0.05, 0.1) is 18.4 Å². The molecule has 0 unspecified atom stereocenters. The standard InChI is InChI=1S/C18H18FNO4/c1-11-8-9-13(10-14(11)19)18(22)24-12(2)17(21)20-15-6-4-5-7-16(15)23-3/h4-10,12H,1-3H3,(H,20,21)/t12-/m0/s1. The molecule has 2 rings (SSSR count). The number of halogens is 1. The first-order valence-corrected chi connectivity index (χ1v) is 7.33. The van der Waals surface area contributed by atoms with E-state index in [2.05, 4.69) is 5.32 Å². The summed E-state index contributed by atoms with van der Waals surface area (Å²) in [5, 5.41) is 2.62. The van der Waals surface area contributed by atoms with Gasteiger partial charge in [-0.1, -0.05) is 18.2 Å². The second-order valence-corrected chi connectivity index (χ2v) is 5.20. The van der Waals surface area contributed by atoms with Crippen molar-refractivity contribution in [3.8, 4) is 5.75 Å². The molecular weight excluding hydrogens is 313 g/mol. The number of benzene rings is 2. The van der Waals surface area contributed by atoms with Crippen LogP contribution in [0.4, 0.5) is 10.1 Å². The highest BCUT2D eigenvalue weighted by atomic mass is 19.1. The van der Waals surface area contributed by atoms with Crippen molar-refractivity contribution in [1.82, 2.24) is 0 Å². The Morgan fingerprint density at radius 1 is 1.17 bits per heavy atom. The van der Waals surface area contributed by atoms with E-state index in [1.54, 1.807) is 31.2 Å². The molecule has 1 atom stereocenters. The fraction of sp³-hybridized carbons (Fsp3) is 0.222. The summed E-state index contributed by atoms with van der Waals surface area (Å²) >= 11 is 0. The monoisotopic (exact) mass is 331 g/mol. The van der Waals surface area contributed by atoms with E-state index in [1.807, 2.05) is 0 Å². The van der Waals surface area contributed by atoms with Gasteiger partial charge in [0, 0.05) is 0 Å². The molecule has 0 aliphatic rings. The maximum atomic E-state index is 13.5. The van der Waals surface area contributed by atoms with Gasteiger partial charge >= 0.3 is 5.97 Å². The van der Waals surface area contributed by atoms with Gasteiger partial charge in [0.2, 0.25) is 0 Å². The normalized spacial score (nSPS) is 11.5. The Hall–Kier alpha value is -2.89. The fourth-order valence-electron chi connectivity index (χ4n) is 1.98. The number of amides is 1. The lowest BCUT2D eigenvalue weighted by atomic mass is 10.1. The van der Waals surface area contributed by atoms with Gasteiger partial charge in [0.1, 0.15) is 11.6 Å². The van der Waals surface area contributed by atoms with E-state index in [1.165, 1.54) is 26.2 Å². The van der Waals surface area contributed by atoms with Crippen molar-refractivity contribution in [3.05, 3.63) is 59.4 Å². The molecule has 24 heavy (non-hydrogen) atoms. The third-order valence-electron chi connectivity index (χ3n) is 3.43. The van der Waals surface area contributed by atoms with Gasteiger partial charge in [0.15, 0.2) is 6.10 Å². The zero-order valence-electron chi connectivity index (χ0n) is 13.6. The van der Waals surface area contributed by atoms with Gasteiger partial charge in [0.25, 0.3) is 5.91 Å². The Morgan fingerprint density at radius 2 is 1.88 bits per heavy atom. The average molecular weight is 331 g/mol. The second kappa shape index (κ2) is 7.59. The van der Waals surface area contributed by atoms with Gasteiger partial charge in [-0.25, -0.2) is 9.18 Å². The van der Waals surface area contributed by atoms with Crippen LogP contribution in [-0.4, -0.2) is 25.1 Å². The van der Waals surface area contributed by atoms with Gasteiger partial charge in [-0.15, -0.1) is 0 Å². The van der Waals surface area contributed by atoms with E-state index < -0.39 is 23.8 Å². The number of esters is 1. The van der Waals surface area contributed by atoms with Crippen LogP contribution in [0.3, 0.4) is 0 Å². The van der Waals surface area contributed by atoms with Crippen LogP contribution < -0.4 is 10.1 Å². The Balaban J connectivity index is 2.03. The first-order valence-electron chi connectivity index (χ1n) is 7.33. The minimum Gasteiger partial charge on any atom is -0.495 e. The molecule has 0 aromatic heterocycles. The molecule has 5 nitrogen and oxygen atoms in total. The van der Waals surface area contributed by atoms with Gasteiger partial charge in [-0.3, -0.25) is 4.79 Å². The third-order valence-corrected chi connectivity index (χ3v) is 3.43. The average Bonchev–Trinajstić information content (AvgIpc) is 2.57. The van der Waals surface area contributed by atoms with Gasteiger partial charge in [-0.05, 0) is 43.7 Å². The number of aryl methyl sites for hydroxylation is 1. The highest BCUT2D eigenvalue weighted by molar-refractivity contribution is 5.98. The van der Waals surface area contributed by atoms with Crippen LogP contribution in [0, 0.1) is 12.7 Å². The van der Waals surface area contributed by atoms with Crippen molar-refractivity contribution in [3.63, 3.8) is 0 Å². The molecule has 0 spiro atoms. The molecule has 6 heteroatoms. The number of para-hydroxylation sites is 2. The van der Waals surface area contributed by atoms with E-state index in [4.69, 9.17) is 9.47 Å². The van der Waals surface area contributed by atoms with Crippen LogP contribution in [0.15, 0.2) is 42.5 Å².